The summed E-state index contributed by atoms with van der Waals surface area (Å²) < 4.78 is 17.0. The SMILES string of the molecule is CCOC(=O)C1=C(c2cc(C)c(O)c(C)c2)C(CC)N2C1=C1C=C(OC)C(OC)CC1=CC2C. The van der Waals surface area contributed by atoms with Gasteiger partial charge in [-0.25, -0.2) is 4.79 Å². The number of carbonyl (C=O) groups is 1. The number of hydrogen-bond donors (Lipinski definition) is 1. The van der Waals surface area contributed by atoms with Crippen molar-refractivity contribution in [2.45, 2.75) is 65.6 Å². The number of carbonyl (C=O) groups excluding carboxylic acids is 1. The lowest BCUT2D eigenvalue weighted by Crippen LogP contribution is -2.40. The third kappa shape index (κ3) is 3.74. The van der Waals surface area contributed by atoms with Crippen molar-refractivity contribution in [3.8, 4) is 5.75 Å². The van der Waals surface area contributed by atoms with Crippen LogP contribution < -0.4 is 0 Å². The van der Waals surface area contributed by atoms with Crippen molar-refractivity contribution in [2.24, 2.45) is 0 Å². The maximum absolute atomic E-state index is 13.5. The summed E-state index contributed by atoms with van der Waals surface area (Å²) in [6.07, 6.45) is 5.64. The van der Waals surface area contributed by atoms with E-state index in [4.69, 9.17) is 14.2 Å². The topological polar surface area (TPSA) is 68.2 Å². The highest BCUT2D eigenvalue weighted by Crippen LogP contribution is 2.50. The Morgan fingerprint density at radius 2 is 1.85 bits per heavy atom. The summed E-state index contributed by atoms with van der Waals surface area (Å²) in [4.78, 5) is 15.9. The second-order valence-electron chi connectivity index (χ2n) is 9.17. The molecule has 1 N–H and O–H groups in total. The lowest BCUT2D eigenvalue weighted by atomic mass is 9.85. The Morgan fingerprint density at radius 1 is 1.18 bits per heavy atom. The quantitative estimate of drug-likeness (QED) is 0.600. The highest BCUT2D eigenvalue weighted by molar-refractivity contribution is 6.06. The molecule has 3 aliphatic rings. The number of methoxy groups -OCH3 is 2. The second kappa shape index (κ2) is 9.34. The van der Waals surface area contributed by atoms with Gasteiger partial charge in [-0.3, -0.25) is 0 Å². The number of rotatable bonds is 6. The van der Waals surface area contributed by atoms with E-state index in [2.05, 4.69) is 24.8 Å². The molecule has 0 amide bonds. The number of esters is 1. The normalized spacial score (nSPS) is 24.0. The molecular formula is C28H35NO5. The first-order chi connectivity index (χ1) is 16.3. The second-order valence-corrected chi connectivity index (χ2v) is 9.17. The minimum atomic E-state index is -0.320. The van der Waals surface area contributed by atoms with Gasteiger partial charge in [0.05, 0.1) is 31.0 Å². The van der Waals surface area contributed by atoms with Crippen LogP contribution in [0, 0.1) is 13.8 Å². The number of phenolic OH excluding ortho intramolecular Hbond substituents is 1. The molecule has 6 heteroatoms. The first-order valence-corrected chi connectivity index (χ1v) is 12.0. The highest BCUT2D eigenvalue weighted by atomic mass is 16.5. The number of allylic oxidation sites excluding steroid dienone is 2. The lowest BCUT2D eigenvalue weighted by molar-refractivity contribution is -0.138. The lowest BCUT2D eigenvalue weighted by Gasteiger charge is -2.40. The molecule has 4 rings (SSSR count). The van der Waals surface area contributed by atoms with Gasteiger partial charge in [0.25, 0.3) is 0 Å². The predicted molar refractivity (Wildman–Crippen MR) is 132 cm³/mol. The van der Waals surface area contributed by atoms with Crippen LogP contribution >= 0.6 is 0 Å². The van der Waals surface area contributed by atoms with Crippen molar-refractivity contribution in [1.82, 2.24) is 4.90 Å². The average Bonchev–Trinajstić information content (AvgIpc) is 3.17. The van der Waals surface area contributed by atoms with Crippen molar-refractivity contribution in [3.05, 3.63) is 69.2 Å². The predicted octanol–water partition coefficient (Wildman–Crippen LogP) is 4.95. The van der Waals surface area contributed by atoms with Crippen molar-refractivity contribution in [1.29, 1.82) is 0 Å². The number of benzene rings is 1. The van der Waals surface area contributed by atoms with Gasteiger partial charge < -0.3 is 24.2 Å². The van der Waals surface area contributed by atoms with Crippen molar-refractivity contribution in [3.63, 3.8) is 0 Å². The summed E-state index contributed by atoms with van der Waals surface area (Å²) in [6, 6.07) is 4.04. The number of aromatic hydroxyl groups is 1. The molecule has 1 aromatic rings. The third-order valence-corrected chi connectivity index (χ3v) is 7.11. The van der Waals surface area contributed by atoms with Gasteiger partial charge in [0.15, 0.2) is 0 Å². The molecule has 0 fully saturated rings. The van der Waals surface area contributed by atoms with Gasteiger partial charge in [-0.2, -0.15) is 0 Å². The molecular weight excluding hydrogens is 430 g/mol. The molecule has 0 aromatic heterocycles. The monoisotopic (exact) mass is 465 g/mol. The Hall–Kier alpha value is -2.99. The standard InChI is InChI=1S/C28H35NO5/c1-8-21-24(19-10-15(3)27(30)16(4)11-19)25(28(31)34-9-2)26-20-14-23(33-7)22(32-6)13-18(20)12-17(5)29(21)26/h10-12,14,17,21-22,30H,8-9,13H2,1-7H3. The molecule has 34 heavy (non-hydrogen) atoms. The summed E-state index contributed by atoms with van der Waals surface area (Å²) >= 11 is 0. The van der Waals surface area contributed by atoms with E-state index in [1.165, 1.54) is 0 Å². The first-order valence-electron chi connectivity index (χ1n) is 12.0. The maximum Gasteiger partial charge on any atom is 0.340 e. The van der Waals surface area contributed by atoms with Crippen molar-refractivity contribution < 1.29 is 24.1 Å². The van der Waals surface area contributed by atoms with E-state index in [1.54, 1.807) is 14.2 Å². The zero-order valence-electron chi connectivity index (χ0n) is 21.2. The Kier molecular flexibility index (Phi) is 6.63. The van der Waals surface area contributed by atoms with Crippen LogP contribution in [0.4, 0.5) is 0 Å². The van der Waals surface area contributed by atoms with E-state index >= 15 is 0 Å². The number of phenols is 1. The smallest absolute Gasteiger partial charge is 0.340 e. The fourth-order valence-electron chi connectivity index (χ4n) is 5.62. The van der Waals surface area contributed by atoms with Crippen molar-refractivity contribution in [2.75, 3.05) is 20.8 Å². The summed E-state index contributed by atoms with van der Waals surface area (Å²) in [6.45, 7) is 10.2. The number of ether oxygens (including phenoxy) is 3. The molecule has 3 atom stereocenters. The van der Waals surface area contributed by atoms with Gasteiger partial charge in [0.1, 0.15) is 17.6 Å². The van der Waals surface area contributed by atoms with Crippen LogP contribution in [0.3, 0.4) is 0 Å². The van der Waals surface area contributed by atoms with Gasteiger partial charge in [-0.15, -0.1) is 0 Å². The summed E-state index contributed by atoms with van der Waals surface area (Å²) in [7, 11) is 3.34. The van der Waals surface area contributed by atoms with E-state index < -0.39 is 0 Å². The molecule has 0 saturated heterocycles. The number of hydrogen-bond acceptors (Lipinski definition) is 6. The van der Waals surface area contributed by atoms with Crippen LogP contribution in [0.1, 0.15) is 50.3 Å². The minimum Gasteiger partial charge on any atom is -0.507 e. The summed E-state index contributed by atoms with van der Waals surface area (Å²) in [5, 5.41) is 10.4. The van der Waals surface area contributed by atoms with E-state index in [0.29, 0.717) is 18.6 Å². The van der Waals surface area contributed by atoms with E-state index in [-0.39, 0.29) is 29.9 Å². The van der Waals surface area contributed by atoms with E-state index in [9.17, 15) is 9.90 Å². The maximum atomic E-state index is 13.5. The molecule has 2 aliphatic heterocycles. The van der Waals surface area contributed by atoms with E-state index in [0.717, 1.165) is 51.3 Å². The Labute approximate surface area is 202 Å². The zero-order valence-corrected chi connectivity index (χ0v) is 21.2. The molecule has 2 heterocycles. The van der Waals surface area contributed by atoms with Crippen LogP contribution in [0.25, 0.3) is 5.57 Å². The van der Waals surface area contributed by atoms with Crippen LogP contribution in [0.5, 0.6) is 5.75 Å². The molecule has 0 spiro atoms. The number of aryl methyl sites for hydroxylation is 2. The molecule has 182 valence electrons. The van der Waals surface area contributed by atoms with Crippen LogP contribution in [0.2, 0.25) is 0 Å². The fourth-order valence-corrected chi connectivity index (χ4v) is 5.62. The van der Waals surface area contributed by atoms with Gasteiger partial charge in [0, 0.05) is 25.1 Å². The number of nitrogens with zero attached hydrogens (tertiary/aromatic N) is 1. The fraction of sp³-hybridized carbons (Fsp3) is 0.464. The molecule has 0 bridgehead atoms. The van der Waals surface area contributed by atoms with Crippen molar-refractivity contribution >= 4 is 11.5 Å². The zero-order chi connectivity index (χ0) is 24.7. The Balaban J connectivity index is 2.06. The van der Waals surface area contributed by atoms with Gasteiger partial charge in [-0.1, -0.05) is 13.0 Å². The molecule has 3 unspecified atom stereocenters. The third-order valence-electron chi connectivity index (χ3n) is 7.11. The molecule has 0 radical (unpaired) electrons. The average molecular weight is 466 g/mol. The highest BCUT2D eigenvalue weighted by Gasteiger charge is 2.46. The van der Waals surface area contributed by atoms with Crippen LogP contribution in [0.15, 0.2) is 52.5 Å². The summed E-state index contributed by atoms with van der Waals surface area (Å²) in [5.74, 6) is 0.715. The first kappa shape index (κ1) is 24.1. The van der Waals surface area contributed by atoms with E-state index in [1.807, 2.05) is 39.0 Å². The van der Waals surface area contributed by atoms with Crippen LogP contribution in [-0.2, 0) is 19.0 Å². The van der Waals surface area contributed by atoms with Gasteiger partial charge >= 0.3 is 5.97 Å². The Morgan fingerprint density at radius 3 is 2.41 bits per heavy atom. The Bertz CT molecular complexity index is 1120. The molecule has 6 nitrogen and oxygen atoms in total. The minimum absolute atomic E-state index is 0.00223. The van der Waals surface area contributed by atoms with Gasteiger partial charge in [-0.05, 0) is 80.2 Å². The summed E-state index contributed by atoms with van der Waals surface area (Å²) in [5.41, 5.74) is 7.13. The van der Waals surface area contributed by atoms with Gasteiger partial charge in [0.2, 0.25) is 0 Å². The molecule has 1 aromatic carbocycles. The molecule has 0 saturated carbocycles. The molecule has 1 aliphatic carbocycles. The largest absolute Gasteiger partial charge is 0.507 e. The number of fused-ring (bicyclic) bond motifs is 2. The van der Waals surface area contributed by atoms with Crippen LogP contribution in [-0.4, -0.2) is 55.0 Å².